The lowest BCUT2D eigenvalue weighted by Gasteiger charge is -2.12. The minimum Gasteiger partial charge on any atom is -0.484 e. The van der Waals surface area contributed by atoms with Crippen molar-refractivity contribution in [3.05, 3.63) is 34.4 Å². The zero-order valence-electron chi connectivity index (χ0n) is 9.38. The molecular formula is C11H15NO4. The maximum absolute atomic E-state index is 10.7. The van der Waals surface area contributed by atoms with E-state index in [0.717, 1.165) is 0 Å². The standard InChI is InChI=1S/C11H15NO4/c1-3-15-9(2)8-16-11-7-5-4-6-10(11)12(13)14/h4-7,9H,3,8H2,1-2H3. The van der Waals surface area contributed by atoms with Gasteiger partial charge in [0.15, 0.2) is 5.75 Å². The monoisotopic (exact) mass is 225 g/mol. The number of nitrogens with zero attached hydrogens (tertiary/aromatic N) is 1. The van der Waals surface area contributed by atoms with E-state index in [1.165, 1.54) is 6.07 Å². The summed E-state index contributed by atoms with van der Waals surface area (Å²) in [4.78, 5) is 10.2. The van der Waals surface area contributed by atoms with Gasteiger partial charge in [-0.3, -0.25) is 10.1 Å². The van der Waals surface area contributed by atoms with Crippen LogP contribution in [-0.4, -0.2) is 24.2 Å². The number of hydrogen-bond acceptors (Lipinski definition) is 4. The van der Waals surface area contributed by atoms with Gasteiger partial charge in [-0.2, -0.15) is 0 Å². The van der Waals surface area contributed by atoms with Crippen LogP contribution in [0.2, 0.25) is 0 Å². The Kier molecular flexibility index (Phi) is 4.72. The highest BCUT2D eigenvalue weighted by atomic mass is 16.6. The van der Waals surface area contributed by atoms with E-state index in [1.807, 2.05) is 13.8 Å². The van der Waals surface area contributed by atoms with Gasteiger partial charge >= 0.3 is 5.69 Å². The second kappa shape index (κ2) is 6.07. The van der Waals surface area contributed by atoms with Crippen LogP contribution in [0.5, 0.6) is 5.75 Å². The van der Waals surface area contributed by atoms with Crippen LogP contribution in [0.4, 0.5) is 5.69 Å². The summed E-state index contributed by atoms with van der Waals surface area (Å²) in [5.41, 5.74) is -0.0220. The van der Waals surface area contributed by atoms with E-state index in [9.17, 15) is 10.1 Å². The molecule has 88 valence electrons. The minimum absolute atomic E-state index is 0.0220. The highest BCUT2D eigenvalue weighted by Gasteiger charge is 2.14. The minimum atomic E-state index is -0.458. The molecule has 16 heavy (non-hydrogen) atoms. The number of nitro benzene ring substituents is 1. The van der Waals surface area contributed by atoms with Gasteiger partial charge in [-0.25, -0.2) is 0 Å². The maximum atomic E-state index is 10.7. The molecule has 0 N–H and O–H groups in total. The van der Waals surface area contributed by atoms with Crippen molar-refractivity contribution in [2.45, 2.75) is 20.0 Å². The van der Waals surface area contributed by atoms with Gasteiger partial charge in [0.1, 0.15) is 6.61 Å². The van der Waals surface area contributed by atoms with Crippen molar-refractivity contribution < 1.29 is 14.4 Å². The maximum Gasteiger partial charge on any atom is 0.310 e. The molecule has 0 amide bonds. The summed E-state index contributed by atoms with van der Waals surface area (Å²) in [6.07, 6.45) is -0.0789. The average molecular weight is 225 g/mol. The average Bonchev–Trinajstić information content (AvgIpc) is 2.27. The van der Waals surface area contributed by atoms with E-state index in [2.05, 4.69) is 0 Å². The normalized spacial score (nSPS) is 12.1. The van der Waals surface area contributed by atoms with Crippen molar-refractivity contribution in [3.8, 4) is 5.75 Å². The molecule has 0 aliphatic carbocycles. The van der Waals surface area contributed by atoms with Crippen molar-refractivity contribution in [1.29, 1.82) is 0 Å². The summed E-state index contributed by atoms with van der Waals surface area (Å²) in [5, 5.41) is 10.7. The molecule has 1 aromatic carbocycles. The van der Waals surface area contributed by atoms with E-state index >= 15 is 0 Å². The van der Waals surface area contributed by atoms with Crippen LogP contribution in [-0.2, 0) is 4.74 Å². The smallest absolute Gasteiger partial charge is 0.310 e. The molecular weight excluding hydrogens is 210 g/mol. The number of ether oxygens (including phenoxy) is 2. The first-order chi connectivity index (χ1) is 7.65. The molecule has 0 heterocycles. The van der Waals surface area contributed by atoms with Gasteiger partial charge < -0.3 is 9.47 Å². The Labute approximate surface area is 94.1 Å². The molecule has 1 aromatic rings. The van der Waals surface area contributed by atoms with E-state index < -0.39 is 4.92 Å². The predicted octanol–water partition coefficient (Wildman–Crippen LogP) is 2.40. The summed E-state index contributed by atoms with van der Waals surface area (Å²) in [5.74, 6) is 0.277. The molecule has 0 spiro atoms. The fraction of sp³-hybridized carbons (Fsp3) is 0.455. The van der Waals surface area contributed by atoms with Gasteiger partial charge in [-0.1, -0.05) is 12.1 Å². The van der Waals surface area contributed by atoms with Crippen molar-refractivity contribution in [2.75, 3.05) is 13.2 Å². The summed E-state index contributed by atoms with van der Waals surface area (Å²) in [6, 6.07) is 6.31. The summed E-state index contributed by atoms with van der Waals surface area (Å²) in [7, 11) is 0. The first-order valence-corrected chi connectivity index (χ1v) is 5.13. The van der Waals surface area contributed by atoms with Gasteiger partial charge in [-0.15, -0.1) is 0 Å². The Morgan fingerprint density at radius 1 is 1.44 bits per heavy atom. The Balaban J connectivity index is 2.63. The topological polar surface area (TPSA) is 61.6 Å². The lowest BCUT2D eigenvalue weighted by Crippen LogP contribution is -2.18. The zero-order valence-corrected chi connectivity index (χ0v) is 9.38. The molecule has 0 aliphatic rings. The largest absolute Gasteiger partial charge is 0.484 e. The van der Waals surface area contributed by atoms with Crippen LogP contribution in [0.1, 0.15) is 13.8 Å². The third-order valence-electron chi connectivity index (χ3n) is 1.99. The van der Waals surface area contributed by atoms with E-state index in [0.29, 0.717) is 13.2 Å². The Morgan fingerprint density at radius 2 is 2.12 bits per heavy atom. The molecule has 0 bridgehead atoms. The molecule has 0 fully saturated rings. The first kappa shape index (κ1) is 12.4. The van der Waals surface area contributed by atoms with Crippen molar-refractivity contribution in [2.24, 2.45) is 0 Å². The molecule has 1 unspecified atom stereocenters. The molecule has 1 atom stereocenters. The Bertz CT molecular complexity index is 354. The van der Waals surface area contributed by atoms with Crippen molar-refractivity contribution in [1.82, 2.24) is 0 Å². The highest BCUT2D eigenvalue weighted by molar-refractivity contribution is 5.45. The lowest BCUT2D eigenvalue weighted by molar-refractivity contribution is -0.385. The van der Waals surface area contributed by atoms with Crippen LogP contribution >= 0.6 is 0 Å². The van der Waals surface area contributed by atoms with Crippen molar-refractivity contribution >= 4 is 5.69 Å². The van der Waals surface area contributed by atoms with Crippen LogP contribution in [0, 0.1) is 10.1 Å². The first-order valence-electron chi connectivity index (χ1n) is 5.13. The second-order valence-corrected chi connectivity index (χ2v) is 3.30. The lowest BCUT2D eigenvalue weighted by atomic mass is 10.3. The predicted molar refractivity (Wildman–Crippen MR) is 59.7 cm³/mol. The number of hydrogen-bond donors (Lipinski definition) is 0. The number of nitro groups is 1. The fourth-order valence-corrected chi connectivity index (χ4v) is 1.27. The van der Waals surface area contributed by atoms with Crippen LogP contribution < -0.4 is 4.74 Å². The van der Waals surface area contributed by atoms with Crippen LogP contribution in [0.3, 0.4) is 0 Å². The van der Waals surface area contributed by atoms with Gasteiger partial charge in [0.05, 0.1) is 11.0 Å². The van der Waals surface area contributed by atoms with Crippen molar-refractivity contribution in [3.63, 3.8) is 0 Å². The summed E-state index contributed by atoms with van der Waals surface area (Å²) >= 11 is 0. The molecule has 0 aromatic heterocycles. The Morgan fingerprint density at radius 3 is 2.75 bits per heavy atom. The molecule has 5 heteroatoms. The van der Waals surface area contributed by atoms with Crippen LogP contribution in [0.25, 0.3) is 0 Å². The van der Waals surface area contributed by atoms with Crippen LogP contribution in [0.15, 0.2) is 24.3 Å². The zero-order chi connectivity index (χ0) is 12.0. The fourth-order valence-electron chi connectivity index (χ4n) is 1.27. The molecule has 0 aliphatic heterocycles. The third kappa shape index (κ3) is 3.51. The third-order valence-corrected chi connectivity index (χ3v) is 1.99. The molecule has 1 rings (SSSR count). The van der Waals surface area contributed by atoms with Gasteiger partial charge in [-0.05, 0) is 19.9 Å². The second-order valence-electron chi connectivity index (χ2n) is 3.30. The SMILES string of the molecule is CCOC(C)COc1ccccc1[N+](=O)[O-]. The number of benzene rings is 1. The highest BCUT2D eigenvalue weighted by Crippen LogP contribution is 2.25. The quantitative estimate of drug-likeness (QED) is 0.551. The molecule has 0 radical (unpaired) electrons. The molecule has 0 saturated carbocycles. The summed E-state index contributed by atoms with van der Waals surface area (Å²) in [6.45, 7) is 4.65. The van der Waals surface area contributed by atoms with E-state index in [1.54, 1.807) is 18.2 Å². The van der Waals surface area contributed by atoms with Gasteiger partial charge in [0.25, 0.3) is 0 Å². The van der Waals surface area contributed by atoms with E-state index in [-0.39, 0.29) is 17.5 Å². The molecule has 0 saturated heterocycles. The number of para-hydroxylation sites is 2. The summed E-state index contributed by atoms with van der Waals surface area (Å²) < 4.78 is 10.6. The number of rotatable bonds is 6. The van der Waals surface area contributed by atoms with Gasteiger partial charge in [0, 0.05) is 12.7 Å². The Hall–Kier alpha value is -1.62. The van der Waals surface area contributed by atoms with E-state index in [4.69, 9.17) is 9.47 Å². The molecule has 5 nitrogen and oxygen atoms in total. The van der Waals surface area contributed by atoms with Gasteiger partial charge in [0.2, 0.25) is 0 Å².